The predicted molar refractivity (Wildman–Crippen MR) is 104 cm³/mol. The number of carbonyl (C=O) groups is 1. The Bertz CT molecular complexity index is 786. The van der Waals surface area contributed by atoms with Crippen molar-refractivity contribution in [3.05, 3.63) is 47.5 Å². The Hall–Kier alpha value is -2.25. The first-order valence-corrected chi connectivity index (χ1v) is 10.1. The van der Waals surface area contributed by atoms with Crippen molar-refractivity contribution < 1.29 is 14.3 Å². The van der Waals surface area contributed by atoms with E-state index in [1.165, 1.54) is 5.56 Å². The first-order valence-electron chi connectivity index (χ1n) is 10.1. The molecule has 0 bridgehead atoms. The van der Waals surface area contributed by atoms with E-state index in [1.54, 1.807) is 7.11 Å². The molecule has 2 saturated heterocycles. The number of benzene rings is 1. The lowest BCUT2D eigenvalue weighted by Gasteiger charge is -2.18. The molecule has 1 atom stereocenters. The van der Waals surface area contributed by atoms with Gasteiger partial charge in [0.05, 0.1) is 13.2 Å². The van der Waals surface area contributed by atoms with Crippen LogP contribution in [0, 0.1) is 0 Å². The van der Waals surface area contributed by atoms with Crippen molar-refractivity contribution in [3.63, 3.8) is 0 Å². The van der Waals surface area contributed by atoms with Crippen molar-refractivity contribution in [2.24, 2.45) is 0 Å². The average molecular weight is 384 g/mol. The molecule has 0 aliphatic carbocycles. The summed E-state index contributed by atoms with van der Waals surface area (Å²) < 4.78 is 12.6. The average Bonchev–Trinajstić information content (AvgIpc) is 3.31. The van der Waals surface area contributed by atoms with Gasteiger partial charge in [-0.1, -0.05) is 30.3 Å². The maximum absolute atomic E-state index is 12.4. The smallest absolute Gasteiger partial charge is 0.223 e. The number of methoxy groups -OCH3 is 1. The lowest BCUT2D eigenvalue weighted by Crippen LogP contribution is -2.28. The van der Waals surface area contributed by atoms with Crippen molar-refractivity contribution >= 4 is 5.91 Å². The molecule has 0 radical (unpaired) electrons. The molecule has 2 aliphatic rings. The Morgan fingerprint density at radius 3 is 2.71 bits per heavy atom. The minimum atomic E-state index is 0.0779. The molecule has 0 unspecified atom stereocenters. The molecule has 3 heterocycles. The summed E-state index contributed by atoms with van der Waals surface area (Å²) in [7, 11) is 1.66. The Labute approximate surface area is 165 Å². The van der Waals surface area contributed by atoms with Gasteiger partial charge in [-0.25, -0.2) is 9.67 Å². The molecule has 4 rings (SSSR count). The standard InChI is InChI=1S/C21H28N4O3/c1-27-12-9-24-15-18(13-19(24)26)21-22-20(17-7-10-28-11-8-17)23-25(21)14-16-5-3-2-4-6-16/h2-6,17-18H,7-15H2,1H3/t18-/m0/s1. The number of likely N-dealkylation sites (tertiary alicyclic amines) is 1. The number of carbonyl (C=O) groups excluding carboxylic acids is 1. The van der Waals surface area contributed by atoms with Crippen LogP contribution in [0.3, 0.4) is 0 Å². The molecule has 150 valence electrons. The SMILES string of the molecule is COCCN1C[C@@H](c2nc(C3CCOCC3)nn2Cc2ccccc2)CC1=O. The number of hydrogen-bond donors (Lipinski definition) is 0. The third-order valence-electron chi connectivity index (χ3n) is 5.62. The molecule has 2 aliphatic heterocycles. The zero-order valence-corrected chi connectivity index (χ0v) is 16.4. The van der Waals surface area contributed by atoms with Gasteiger partial charge in [-0.2, -0.15) is 5.10 Å². The molecule has 1 amide bonds. The fourth-order valence-electron chi connectivity index (χ4n) is 4.04. The Kier molecular flexibility index (Phi) is 6.02. The summed E-state index contributed by atoms with van der Waals surface area (Å²) in [6.45, 7) is 4.08. The van der Waals surface area contributed by atoms with Crippen LogP contribution in [0.25, 0.3) is 0 Å². The molecular formula is C21H28N4O3. The van der Waals surface area contributed by atoms with Crippen LogP contribution in [0.1, 0.15) is 48.3 Å². The molecule has 2 fully saturated rings. The van der Waals surface area contributed by atoms with Crippen molar-refractivity contribution in [3.8, 4) is 0 Å². The Morgan fingerprint density at radius 1 is 1.18 bits per heavy atom. The number of hydrogen-bond acceptors (Lipinski definition) is 5. The minimum absolute atomic E-state index is 0.0779. The van der Waals surface area contributed by atoms with Gasteiger partial charge >= 0.3 is 0 Å². The van der Waals surface area contributed by atoms with E-state index < -0.39 is 0 Å². The number of ether oxygens (including phenoxy) is 2. The van der Waals surface area contributed by atoms with Crippen LogP contribution in [-0.4, -0.2) is 65.6 Å². The predicted octanol–water partition coefficient (Wildman–Crippen LogP) is 2.18. The lowest BCUT2D eigenvalue weighted by atomic mass is 10.00. The fraction of sp³-hybridized carbons (Fsp3) is 0.571. The first kappa shape index (κ1) is 19.1. The van der Waals surface area contributed by atoms with Gasteiger partial charge in [0.2, 0.25) is 5.91 Å². The summed E-state index contributed by atoms with van der Waals surface area (Å²) >= 11 is 0. The van der Waals surface area contributed by atoms with E-state index in [1.807, 2.05) is 27.8 Å². The van der Waals surface area contributed by atoms with Gasteiger partial charge in [-0.3, -0.25) is 4.79 Å². The Morgan fingerprint density at radius 2 is 1.96 bits per heavy atom. The van der Waals surface area contributed by atoms with E-state index >= 15 is 0 Å². The summed E-state index contributed by atoms with van der Waals surface area (Å²) in [4.78, 5) is 19.3. The van der Waals surface area contributed by atoms with Crippen LogP contribution in [0.4, 0.5) is 0 Å². The quantitative estimate of drug-likeness (QED) is 0.732. The van der Waals surface area contributed by atoms with E-state index in [-0.39, 0.29) is 11.8 Å². The van der Waals surface area contributed by atoms with Crippen LogP contribution >= 0.6 is 0 Å². The largest absolute Gasteiger partial charge is 0.383 e. The zero-order valence-electron chi connectivity index (χ0n) is 16.4. The van der Waals surface area contributed by atoms with Crippen LogP contribution in [-0.2, 0) is 20.8 Å². The molecule has 2 aromatic rings. The van der Waals surface area contributed by atoms with Crippen molar-refractivity contribution in [1.29, 1.82) is 0 Å². The highest BCUT2D eigenvalue weighted by Crippen LogP contribution is 2.30. The van der Waals surface area contributed by atoms with Crippen LogP contribution < -0.4 is 0 Å². The molecule has 0 spiro atoms. The second kappa shape index (κ2) is 8.84. The maximum atomic E-state index is 12.4. The molecule has 7 nitrogen and oxygen atoms in total. The fourth-order valence-corrected chi connectivity index (χ4v) is 4.04. The Balaban J connectivity index is 1.58. The molecule has 28 heavy (non-hydrogen) atoms. The number of amides is 1. The van der Waals surface area contributed by atoms with Gasteiger partial charge in [0.1, 0.15) is 5.82 Å². The van der Waals surface area contributed by atoms with Crippen LogP contribution in [0.5, 0.6) is 0 Å². The van der Waals surface area contributed by atoms with Gasteiger partial charge in [0.25, 0.3) is 0 Å². The molecular weight excluding hydrogens is 356 g/mol. The lowest BCUT2D eigenvalue weighted by molar-refractivity contribution is -0.128. The third-order valence-corrected chi connectivity index (χ3v) is 5.62. The highest BCUT2D eigenvalue weighted by molar-refractivity contribution is 5.79. The first-order chi connectivity index (χ1) is 13.7. The van der Waals surface area contributed by atoms with Crippen LogP contribution in [0.15, 0.2) is 30.3 Å². The van der Waals surface area contributed by atoms with Gasteiger partial charge in [0, 0.05) is 51.7 Å². The van der Waals surface area contributed by atoms with Gasteiger partial charge in [0.15, 0.2) is 5.82 Å². The third kappa shape index (κ3) is 4.25. The highest BCUT2D eigenvalue weighted by Gasteiger charge is 2.34. The summed E-state index contributed by atoms with van der Waals surface area (Å²) in [6, 6.07) is 10.3. The topological polar surface area (TPSA) is 69.5 Å². The molecule has 1 aromatic heterocycles. The second-order valence-corrected chi connectivity index (χ2v) is 7.59. The normalized spacial score (nSPS) is 20.8. The van der Waals surface area contributed by atoms with E-state index in [4.69, 9.17) is 19.6 Å². The zero-order chi connectivity index (χ0) is 19.3. The maximum Gasteiger partial charge on any atom is 0.223 e. The van der Waals surface area contributed by atoms with Gasteiger partial charge in [-0.15, -0.1) is 0 Å². The van der Waals surface area contributed by atoms with E-state index in [0.717, 1.165) is 37.7 Å². The van der Waals surface area contributed by atoms with Crippen LogP contribution in [0.2, 0.25) is 0 Å². The van der Waals surface area contributed by atoms with E-state index in [9.17, 15) is 4.79 Å². The van der Waals surface area contributed by atoms with E-state index in [0.29, 0.717) is 38.6 Å². The monoisotopic (exact) mass is 384 g/mol. The molecule has 0 N–H and O–H groups in total. The molecule has 7 heteroatoms. The van der Waals surface area contributed by atoms with E-state index in [2.05, 4.69) is 12.1 Å². The summed E-state index contributed by atoms with van der Waals surface area (Å²) in [5.41, 5.74) is 1.19. The number of rotatable bonds is 7. The molecule has 0 saturated carbocycles. The van der Waals surface area contributed by atoms with Gasteiger partial charge < -0.3 is 14.4 Å². The number of aromatic nitrogens is 3. The van der Waals surface area contributed by atoms with Gasteiger partial charge in [-0.05, 0) is 18.4 Å². The van der Waals surface area contributed by atoms with Crippen molar-refractivity contribution in [1.82, 2.24) is 19.7 Å². The summed E-state index contributed by atoms with van der Waals surface area (Å²) in [5, 5.41) is 4.88. The van der Waals surface area contributed by atoms with Crippen molar-refractivity contribution in [2.75, 3.05) is 40.0 Å². The number of nitrogens with zero attached hydrogens (tertiary/aromatic N) is 4. The van der Waals surface area contributed by atoms with Crippen molar-refractivity contribution in [2.45, 2.75) is 37.6 Å². The summed E-state index contributed by atoms with van der Waals surface area (Å²) in [5.74, 6) is 2.42. The second-order valence-electron chi connectivity index (χ2n) is 7.59. The summed E-state index contributed by atoms with van der Waals surface area (Å²) in [6.07, 6.45) is 2.40. The molecule has 1 aromatic carbocycles. The minimum Gasteiger partial charge on any atom is -0.383 e. The highest BCUT2D eigenvalue weighted by atomic mass is 16.5.